The third-order valence-electron chi connectivity index (χ3n) is 5.64. The highest BCUT2D eigenvalue weighted by atomic mass is 16.5. The molecule has 1 heterocycles. The minimum Gasteiger partial charge on any atom is -0.507 e. The molecule has 0 spiro atoms. The van der Waals surface area contributed by atoms with E-state index in [1.54, 1.807) is 7.11 Å². The van der Waals surface area contributed by atoms with Gasteiger partial charge in [0.1, 0.15) is 11.5 Å². The molecule has 5 rings (SSSR count). The maximum absolute atomic E-state index is 11.0. The van der Waals surface area contributed by atoms with Crippen molar-refractivity contribution in [1.29, 1.82) is 0 Å². The summed E-state index contributed by atoms with van der Waals surface area (Å²) in [6.07, 6.45) is 0.702. The van der Waals surface area contributed by atoms with Crippen LogP contribution in [0.25, 0.3) is 10.8 Å². The van der Waals surface area contributed by atoms with Crippen molar-refractivity contribution in [3.63, 3.8) is 0 Å². The number of fused-ring (bicyclic) bond motifs is 1. The molecular weight excluding hydrogens is 372 g/mol. The summed E-state index contributed by atoms with van der Waals surface area (Å²) >= 11 is 0. The number of benzene rings is 4. The van der Waals surface area contributed by atoms with Crippen molar-refractivity contribution >= 4 is 22.2 Å². The molecule has 1 unspecified atom stereocenters. The van der Waals surface area contributed by atoms with Gasteiger partial charge in [-0.3, -0.25) is 5.01 Å². The van der Waals surface area contributed by atoms with Crippen LogP contribution >= 0.6 is 0 Å². The van der Waals surface area contributed by atoms with Crippen LogP contribution in [0.2, 0.25) is 0 Å². The highest BCUT2D eigenvalue weighted by molar-refractivity contribution is 6.09. The minimum atomic E-state index is 0.0409. The van der Waals surface area contributed by atoms with E-state index in [9.17, 15) is 5.11 Å². The number of ether oxygens (including phenoxy) is 1. The first-order valence-electron chi connectivity index (χ1n) is 10.0. The number of nitrogens with zero attached hydrogens (tertiary/aromatic N) is 2. The number of hydrogen-bond donors (Lipinski definition) is 1. The molecule has 0 saturated carbocycles. The maximum Gasteiger partial charge on any atom is 0.132 e. The number of methoxy groups -OCH3 is 1. The van der Waals surface area contributed by atoms with Crippen LogP contribution in [0.1, 0.15) is 23.6 Å². The second-order valence-electron chi connectivity index (χ2n) is 7.40. The van der Waals surface area contributed by atoms with Crippen LogP contribution in [-0.2, 0) is 0 Å². The Morgan fingerprint density at radius 2 is 1.60 bits per heavy atom. The summed E-state index contributed by atoms with van der Waals surface area (Å²) < 4.78 is 5.32. The Balaban J connectivity index is 1.59. The summed E-state index contributed by atoms with van der Waals surface area (Å²) in [5, 5.41) is 19.8. The predicted molar refractivity (Wildman–Crippen MR) is 121 cm³/mol. The molecule has 0 aliphatic carbocycles. The second kappa shape index (κ2) is 7.56. The average Bonchev–Trinajstić information content (AvgIpc) is 3.25. The first kappa shape index (κ1) is 18.3. The Labute approximate surface area is 175 Å². The van der Waals surface area contributed by atoms with E-state index in [-0.39, 0.29) is 11.8 Å². The van der Waals surface area contributed by atoms with Gasteiger partial charge in [-0.2, -0.15) is 5.10 Å². The zero-order valence-electron chi connectivity index (χ0n) is 16.7. The van der Waals surface area contributed by atoms with E-state index in [2.05, 4.69) is 24.3 Å². The van der Waals surface area contributed by atoms with E-state index < -0.39 is 0 Å². The van der Waals surface area contributed by atoms with Crippen molar-refractivity contribution in [3.8, 4) is 11.5 Å². The molecule has 0 bridgehead atoms. The lowest BCUT2D eigenvalue weighted by atomic mass is 9.96. The van der Waals surface area contributed by atoms with Gasteiger partial charge in [-0.15, -0.1) is 0 Å². The third-order valence-corrected chi connectivity index (χ3v) is 5.64. The van der Waals surface area contributed by atoms with Gasteiger partial charge in [-0.05, 0) is 41.3 Å². The summed E-state index contributed by atoms with van der Waals surface area (Å²) in [6.45, 7) is 0. The fraction of sp³-hybridized carbons (Fsp3) is 0.115. The number of anilines is 1. The molecule has 0 amide bonds. The Hall–Kier alpha value is -3.79. The lowest BCUT2D eigenvalue weighted by Crippen LogP contribution is -2.18. The Morgan fingerprint density at radius 1 is 0.867 bits per heavy atom. The summed E-state index contributed by atoms with van der Waals surface area (Å²) in [6, 6.07) is 30.2. The molecule has 0 radical (unpaired) electrons. The normalized spacial score (nSPS) is 16.0. The molecule has 4 nitrogen and oxygen atoms in total. The smallest absolute Gasteiger partial charge is 0.132 e. The van der Waals surface area contributed by atoms with Gasteiger partial charge in [0.15, 0.2) is 0 Å². The zero-order chi connectivity index (χ0) is 20.5. The predicted octanol–water partition coefficient (Wildman–Crippen LogP) is 5.91. The number of aromatic hydroxyl groups is 1. The lowest BCUT2D eigenvalue weighted by Gasteiger charge is -2.24. The first-order chi connectivity index (χ1) is 14.7. The molecule has 1 aliphatic heterocycles. The number of hydrogen-bond acceptors (Lipinski definition) is 4. The SMILES string of the molecule is COc1ccc(C2CC(c3ccc4ccccc4c3O)=NN2c2ccccc2)cc1. The van der Waals surface area contributed by atoms with E-state index in [0.29, 0.717) is 6.42 Å². The average molecular weight is 394 g/mol. The van der Waals surface area contributed by atoms with Crippen molar-refractivity contribution in [3.05, 3.63) is 102 Å². The molecule has 1 aliphatic rings. The molecule has 0 saturated heterocycles. The third kappa shape index (κ3) is 3.16. The fourth-order valence-electron chi connectivity index (χ4n) is 4.07. The summed E-state index contributed by atoms with van der Waals surface area (Å²) in [4.78, 5) is 0. The van der Waals surface area contributed by atoms with Crippen LogP contribution in [0.3, 0.4) is 0 Å². The van der Waals surface area contributed by atoms with Crippen LogP contribution in [-0.4, -0.2) is 17.9 Å². The van der Waals surface area contributed by atoms with E-state index in [0.717, 1.165) is 39.0 Å². The summed E-state index contributed by atoms with van der Waals surface area (Å²) in [7, 11) is 1.67. The van der Waals surface area contributed by atoms with Crippen LogP contribution < -0.4 is 9.75 Å². The van der Waals surface area contributed by atoms with Crippen molar-refractivity contribution in [2.75, 3.05) is 12.1 Å². The van der Waals surface area contributed by atoms with Gasteiger partial charge < -0.3 is 9.84 Å². The van der Waals surface area contributed by atoms with E-state index in [4.69, 9.17) is 9.84 Å². The molecule has 1 N–H and O–H groups in total. The van der Waals surface area contributed by atoms with Gasteiger partial charge in [0.2, 0.25) is 0 Å². The van der Waals surface area contributed by atoms with Crippen LogP contribution in [0.15, 0.2) is 96.1 Å². The maximum atomic E-state index is 11.0. The minimum absolute atomic E-state index is 0.0409. The second-order valence-corrected chi connectivity index (χ2v) is 7.40. The number of para-hydroxylation sites is 1. The van der Waals surface area contributed by atoms with Crippen LogP contribution in [0, 0.1) is 0 Å². The van der Waals surface area contributed by atoms with Gasteiger partial charge in [-0.25, -0.2) is 0 Å². The largest absolute Gasteiger partial charge is 0.507 e. The topological polar surface area (TPSA) is 45.1 Å². The quantitative estimate of drug-likeness (QED) is 0.468. The molecule has 30 heavy (non-hydrogen) atoms. The van der Waals surface area contributed by atoms with Crippen LogP contribution in [0.5, 0.6) is 11.5 Å². The van der Waals surface area contributed by atoms with Gasteiger partial charge in [0.25, 0.3) is 0 Å². The number of rotatable bonds is 4. The lowest BCUT2D eigenvalue weighted by molar-refractivity contribution is 0.414. The van der Waals surface area contributed by atoms with Gasteiger partial charge in [0, 0.05) is 17.4 Å². The molecule has 1 atom stereocenters. The Bertz CT molecular complexity index is 1220. The Kier molecular flexibility index (Phi) is 4.60. The highest BCUT2D eigenvalue weighted by Crippen LogP contribution is 2.39. The molecule has 0 aromatic heterocycles. The molecule has 4 heteroatoms. The van der Waals surface area contributed by atoms with E-state index in [1.807, 2.05) is 71.7 Å². The first-order valence-corrected chi connectivity index (χ1v) is 10.0. The standard InChI is InChI=1S/C26H22N2O2/c1-30-21-14-11-19(12-15-21)25-17-24(27-28(25)20-8-3-2-4-9-20)23-16-13-18-7-5-6-10-22(18)26(23)29/h2-16,25,29H,17H2,1H3. The zero-order valence-corrected chi connectivity index (χ0v) is 16.7. The molecular formula is C26H22N2O2. The monoisotopic (exact) mass is 394 g/mol. The van der Waals surface area contributed by atoms with Crippen molar-refractivity contribution in [2.45, 2.75) is 12.5 Å². The van der Waals surface area contributed by atoms with Crippen LogP contribution in [0.4, 0.5) is 5.69 Å². The van der Waals surface area contributed by atoms with Gasteiger partial charge >= 0.3 is 0 Å². The molecule has 0 fully saturated rings. The number of phenolic OH excluding ortho intramolecular Hbond substituents is 1. The highest BCUT2D eigenvalue weighted by Gasteiger charge is 2.31. The fourth-order valence-corrected chi connectivity index (χ4v) is 4.07. The summed E-state index contributed by atoms with van der Waals surface area (Å²) in [5.41, 5.74) is 3.83. The van der Waals surface area contributed by atoms with E-state index in [1.165, 1.54) is 0 Å². The van der Waals surface area contributed by atoms with Crippen molar-refractivity contribution < 1.29 is 9.84 Å². The van der Waals surface area contributed by atoms with Gasteiger partial charge in [-0.1, -0.05) is 60.7 Å². The molecule has 148 valence electrons. The number of hydrazone groups is 1. The van der Waals surface area contributed by atoms with E-state index >= 15 is 0 Å². The van der Waals surface area contributed by atoms with Crippen molar-refractivity contribution in [1.82, 2.24) is 0 Å². The molecule has 4 aromatic rings. The number of phenols is 1. The molecule has 4 aromatic carbocycles. The van der Waals surface area contributed by atoms with Crippen molar-refractivity contribution in [2.24, 2.45) is 5.10 Å². The summed E-state index contributed by atoms with van der Waals surface area (Å²) in [5.74, 6) is 1.12. The Morgan fingerprint density at radius 3 is 2.37 bits per heavy atom. The van der Waals surface area contributed by atoms with Gasteiger partial charge in [0.05, 0.1) is 24.6 Å².